The highest BCUT2D eigenvalue weighted by Gasteiger charge is 2.30. The van der Waals surface area contributed by atoms with Gasteiger partial charge in [-0.2, -0.15) is 12.8 Å². The van der Waals surface area contributed by atoms with Crippen molar-refractivity contribution in [3.05, 3.63) is 71.3 Å². The van der Waals surface area contributed by atoms with Crippen LogP contribution in [0.3, 0.4) is 0 Å². The molecular weight excluding hydrogens is 577 g/mol. The Hall–Kier alpha value is -3.97. The fourth-order valence-corrected chi connectivity index (χ4v) is 6.09. The molecule has 0 unspecified atom stereocenters. The average Bonchev–Trinajstić information content (AvgIpc) is 2.96. The number of methoxy groups -OCH3 is 1. The van der Waals surface area contributed by atoms with Crippen molar-refractivity contribution in [2.45, 2.75) is 70.4 Å². The summed E-state index contributed by atoms with van der Waals surface area (Å²) < 4.78 is 53.7. The zero-order valence-corrected chi connectivity index (χ0v) is 25.8. The smallest absolute Gasteiger partial charge is 0.410 e. The van der Waals surface area contributed by atoms with Crippen molar-refractivity contribution in [1.29, 1.82) is 0 Å². The summed E-state index contributed by atoms with van der Waals surface area (Å²) in [6.07, 6.45) is 2.50. The number of hydrogen-bond acceptors (Lipinski definition) is 9. The Morgan fingerprint density at radius 2 is 1.88 bits per heavy atom. The van der Waals surface area contributed by atoms with Gasteiger partial charge in [-0.05, 0) is 87.6 Å². The van der Waals surface area contributed by atoms with E-state index in [1.54, 1.807) is 30.0 Å². The van der Waals surface area contributed by atoms with Crippen LogP contribution in [0.1, 0.15) is 50.3 Å². The second kappa shape index (κ2) is 13.1. The van der Waals surface area contributed by atoms with Gasteiger partial charge >= 0.3 is 6.09 Å². The minimum Gasteiger partial charge on any atom is -0.497 e. The van der Waals surface area contributed by atoms with Crippen LogP contribution in [-0.2, 0) is 27.9 Å². The molecule has 232 valence electrons. The number of rotatable bonds is 9. The van der Waals surface area contributed by atoms with Crippen LogP contribution in [0.2, 0.25) is 0 Å². The zero-order valence-electron chi connectivity index (χ0n) is 25.0. The van der Waals surface area contributed by atoms with Gasteiger partial charge in [0, 0.05) is 19.1 Å². The molecule has 1 amide bonds. The van der Waals surface area contributed by atoms with E-state index in [9.17, 15) is 22.7 Å². The van der Waals surface area contributed by atoms with Crippen molar-refractivity contribution >= 4 is 27.6 Å². The molecule has 4 rings (SSSR count). The second-order valence-corrected chi connectivity index (χ2v) is 13.2. The third kappa shape index (κ3) is 7.90. The quantitative estimate of drug-likeness (QED) is 0.331. The first-order valence-electron chi connectivity index (χ1n) is 13.9. The summed E-state index contributed by atoms with van der Waals surface area (Å²) in [6, 6.07) is 10.3. The lowest BCUT2D eigenvalue weighted by Gasteiger charge is -2.34. The van der Waals surface area contributed by atoms with Gasteiger partial charge in [-0.3, -0.25) is 0 Å². The molecule has 0 radical (unpaired) electrons. The van der Waals surface area contributed by atoms with Crippen LogP contribution in [0.5, 0.6) is 5.75 Å². The maximum absolute atomic E-state index is 14.1. The number of ether oxygens (including phenoxy) is 2. The van der Waals surface area contributed by atoms with Gasteiger partial charge < -0.3 is 24.8 Å². The van der Waals surface area contributed by atoms with Crippen LogP contribution >= 0.6 is 0 Å². The van der Waals surface area contributed by atoms with Gasteiger partial charge in [0.25, 0.3) is 10.0 Å². The largest absolute Gasteiger partial charge is 0.497 e. The van der Waals surface area contributed by atoms with Gasteiger partial charge in [0.2, 0.25) is 5.95 Å². The molecule has 0 atom stereocenters. The monoisotopic (exact) mass is 615 g/mol. The molecule has 0 bridgehead atoms. The lowest BCUT2D eigenvalue weighted by atomic mass is 10.0. The molecule has 1 aliphatic rings. The number of carbonyl (C=O) groups is 1. The summed E-state index contributed by atoms with van der Waals surface area (Å²) in [5.74, 6) is -0.462. The lowest BCUT2D eigenvalue weighted by Crippen LogP contribution is -2.44. The van der Waals surface area contributed by atoms with Crippen LogP contribution in [0.25, 0.3) is 0 Å². The van der Waals surface area contributed by atoms with Gasteiger partial charge in [-0.25, -0.2) is 19.1 Å². The van der Waals surface area contributed by atoms with Gasteiger partial charge in [0.15, 0.2) is 5.03 Å². The van der Waals surface area contributed by atoms with Crippen molar-refractivity contribution in [2.75, 3.05) is 29.8 Å². The third-order valence-corrected chi connectivity index (χ3v) is 8.65. The number of pyridine rings is 2. The van der Waals surface area contributed by atoms with Gasteiger partial charge in [0.05, 0.1) is 32.1 Å². The third-order valence-electron chi connectivity index (χ3n) is 7.00. The molecule has 1 fully saturated rings. The van der Waals surface area contributed by atoms with Crippen molar-refractivity contribution in [3.8, 4) is 5.75 Å². The summed E-state index contributed by atoms with van der Waals surface area (Å²) in [6.45, 7) is 7.75. The van der Waals surface area contributed by atoms with Crippen LogP contribution in [0, 0.1) is 12.9 Å². The summed E-state index contributed by atoms with van der Waals surface area (Å²) in [4.78, 5) is 22.2. The highest BCUT2D eigenvalue weighted by molar-refractivity contribution is 7.92. The first kappa shape index (κ1) is 32.0. The molecule has 0 aliphatic carbocycles. The van der Waals surface area contributed by atoms with Gasteiger partial charge in [-0.15, -0.1) is 0 Å². The highest BCUT2D eigenvalue weighted by Crippen LogP contribution is 2.29. The lowest BCUT2D eigenvalue weighted by molar-refractivity contribution is 0.0210. The number of halogens is 1. The number of aliphatic hydroxyl groups excluding tert-OH is 1. The number of nitrogens with zero attached hydrogens (tertiary/aromatic N) is 4. The van der Waals surface area contributed by atoms with Crippen molar-refractivity contribution in [2.24, 2.45) is 0 Å². The number of aliphatic hydroxyl groups is 1. The average molecular weight is 616 g/mol. The Morgan fingerprint density at radius 1 is 1.16 bits per heavy atom. The fourth-order valence-electron chi connectivity index (χ4n) is 4.70. The number of sulfonamides is 1. The van der Waals surface area contributed by atoms with Crippen molar-refractivity contribution < 1.29 is 32.2 Å². The Labute approximate surface area is 251 Å². The number of aryl methyl sites for hydroxylation is 1. The van der Waals surface area contributed by atoms with Gasteiger partial charge in [-0.1, -0.05) is 12.1 Å². The highest BCUT2D eigenvalue weighted by atomic mass is 32.2. The fraction of sp³-hybridized carbons (Fsp3) is 0.433. The van der Waals surface area contributed by atoms with Crippen molar-refractivity contribution in [3.63, 3.8) is 0 Å². The predicted molar refractivity (Wildman–Crippen MR) is 160 cm³/mol. The van der Waals surface area contributed by atoms with Crippen molar-refractivity contribution in [1.82, 2.24) is 14.9 Å². The summed E-state index contributed by atoms with van der Waals surface area (Å²) in [7, 11) is -2.83. The minimum absolute atomic E-state index is 0.0570. The Morgan fingerprint density at radius 3 is 2.49 bits per heavy atom. The normalized spacial score (nSPS) is 14.3. The summed E-state index contributed by atoms with van der Waals surface area (Å²) in [5.41, 5.74) is 1.70. The SMILES string of the molecule is COc1ccc(CN(c2cccc(F)n2)S(=O)(=O)c2cc(C)c(NC3CCN(C(=O)OC(C)(C)C)CC3)cn2)c(CO)c1. The molecule has 2 aromatic heterocycles. The molecular formula is C30H38FN5O6S. The van der Waals surface area contributed by atoms with Gasteiger partial charge in [0.1, 0.15) is 17.2 Å². The van der Waals surface area contributed by atoms with Crippen LogP contribution in [0.4, 0.5) is 20.7 Å². The van der Waals surface area contributed by atoms with E-state index < -0.39 is 21.6 Å². The zero-order chi connectivity index (χ0) is 31.4. The number of amides is 1. The van der Waals surface area contributed by atoms with E-state index in [-0.39, 0.29) is 36.1 Å². The van der Waals surface area contributed by atoms with E-state index in [4.69, 9.17) is 9.47 Å². The van der Waals surface area contributed by atoms with E-state index in [1.165, 1.54) is 31.5 Å². The molecule has 0 saturated carbocycles. The Kier molecular flexibility index (Phi) is 9.75. The molecule has 13 heteroatoms. The Balaban J connectivity index is 1.55. The maximum atomic E-state index is 14.1. The van der Waals surface area contributed by atoms with E-state index in [0.29, 0.717) is 54.1 Å². The molecule has 43 heavy (non-hydrogen) atoms. The van der Waals surface area contributed by atoms with E-state index in [2.05, 4.69) is 15.3 Å². The first-order chi connectivity index (χ1) is 20.3. The molecule has 1 saturated heterocycles. The molecule has 1 aliphatic heterocycles. The van der Waals surface area contributed by atoms with E-state index in [0.717, 1.165) is 10.4 Å². The van der Waals surface area contributed by atoms with E-state index >= 15 is 0 Å². The van der Waals surface area contributed by atoms with Crippen LogP contribution in [0.15, 0.2) is 53.7 Å². The molecule has 2 N–H and O–H groups in total. The summed E-state index contributed by atoms with van der Waals surface area (Å²) in [5, 5.41) is 13.1. The molecule has 1 aromatic carbocycles. The summed E-state index contributed by atoms with van der Waals surface area (Å²) >= 11 is 0. The topological polar surface area (TPSA) is 134 Å². The number of anilines is 2. The number of aromatic nitrogens is 2. The molecule has 3 heterocycles. The maximum Gasteiger partial charge on any atom is 0.410 e. The standard InChI is InChI=1S/C30H38FN5O6S/c1-20-15-28(32-17-25(20)33-23-11-13-35(14-12-23)29(38)42-30(2,3)4)43(39,40)36(27-8-6-7-26(31)34-27)18-21-9-10-24(41-5)16-22(21)19-37/h6-10,15-17,23,33,37H,11-14,18-19H2,1-5H3. The Bertz CT molecular complexity index is 1550. The number of benzene rings is 1. The predicted octanol–water partition coefficient (Wildman–Crippen LogP) is 4.63. The molecule has 11 nitrogen and oxygen atoms in total. The molecule has 3 aromatic rings. The number of likely N-dealkylation sites (tertiary alicyclic amines) is 1. The first-order valence-corrected chi connectivity index (χ1v) is 15.4. The second-order valence-electron chi connectivity index (χ2n) is 11.3. The van der Waals surface area contributed by atoms with Crippen LogP contribution < -0.4 is 14.4 Å². The minimum atomic E-state index is -4.32. The molecule has 0 spiro atoms. The van der Waals surface area contributed by atoms with Crippen LogP contribution in [-0.4, -0.2) is 66.3 Å². The number of nitrogens with one attached hydrogen (secondary N) is 1. The number of hydrogen-bond donors (Lipinski definition) is 2. The number of piperidine rings is 1. The number of carbonyl (C=O) groups excluding carboxylic acids is 1. The van der Waals surface area contributed by atoms with E-state index in [1.807, 2.05) is 20.8 Å².